The van der Waals surface area contributed by atoms with Crippen LogP contribution in [0.3, 0.4) is 0 Å². The summed E-state index contributed by atoms with van der Waals surface area (Å²) in [5.74, 6) is 0.184. The Balaban J connectivity index is 1.76. The summed E-state index contributed by atoms with van der Waals surface area (Å²) in [4.78, 5) is 24.0. The molecule has 3 aromatic rings. The Bertz CT molecular complexity index is 1040. The van der Waals surface area contributed by atoms with E-state index in [4.69, 9.17) is 12.2 Å². The molecule has 7 nitrogen and oxygen atoms in total. The number of aryl methyl sites for hydroxylation is 1. The molecular weight excluding hydrogens is 362 g/mol. The number of carbonyl (C=O) groups excluding carboxylic acids is 2. The Morgan fingerprint density at radius 2 is 1.93 bits per heavy atom. The number of nitrogens with zero attached hydrogens (tertiary/aromatic N) is 2. The number of amides is 2. The molecule has 0 aliphatic carbocycles. The summed E-state index contributed by atoms with van der Waals surface area (Å²) in [6.07, 6.45) is 0. The normalized spacial score (nSPS) is 10.4. The van der Waals surface area contributed by atoms with Gasteiger partial charge in [0, 0.05) is 23.9 Å². The summed E-state index contributed by atoms with van der Waals surface area (Å²) in [7, 11) is 1.57. The molecule has 0 saturated carbocycles. The number of anilines is 1. The number of aromatic nitrogens is 3. The molecule has 2 aromatic carbocycles. The molecule has 0 radical (unpaired) electrons. The van der Waals surface area contributed by atoms with Crippen LogP contribution in [0.1, 0.15) is 15.9 Å². The number of carbonyl (C=O) groups is 2. The minimum atomic E-state index is -0.242. The van der Waals surface area contributed by atoms with Gasteiger partial charge in [0.05, 0.1) is 0 Å². The van der Waals surface area contributed by atoms with Gasteiger partial charge in [0.1, 0.15) is 6.54 Å². The third kappa shape index (κ3) is 4.29. The van der Waals surface area contributed by atoms with Gasteiger partial charge in [0.25, 0.3) is 5.91 Å². The van der Waals surface area contributed by atoms with E-state index in [9.17, 15) is 9.59 Å². The fraction of sp³-hybridized carbons (Fsp3) is 0.158. The molecule has 0 atom stereocenters. The molecule has 8 heteroatoms. The Morgan fingerprint density at radius 3 is 2.59 bits per heavy atom. The highest BCUT2D eigenvalue weighted by Crippen LogP contribution is 2.19. The Labute approximate surface area is 161 Å². The van der Waals surface area contributed by atoms with Crippen LogP contribution in [0.25, 0.3) is 11.4 Å². The van der Waals surface area contributed by atoms with Crippen LogP contribution in [0.5, 0.6) is 0 Å². The van der Waals surface area contributed by atoms with Gasteiger partial charge in [-0.15, -0.1) is 0 Å². The first kappa shape index (κ1) is 18.5. The van der Waals surface area contributed by atoms with Crippen molar-refractivity contribution in [3.05, 3.63) is 64.4 Å². The number of nitrogens with one attached hydrogen (secondary N) is 3. The van der Waals surface area contributed by atoms with Crippen molar-refractivity contribution >= 4 is 29.7 Å². The lowest BCUT2D eigenvalue weighted by molar-refractivity contribution is -0.116. The summed E-state index contributed by atoms with van der Waals surface area (Å²) >= 11 is 5.27. The molecule has 0 saturated heterocycles. The average molecular weight is 381 g/mol. The van der Waals surface area contributed by atoms with Gasteiger partial charge in [-0.2, -0.15) is 5.10 Å². The summed E-state index contributed by atoms with van der Waals surface area (Å²) in [5.41, 5.74) is 3.09. The maximum absolute atomic E-state index is 12.5. The van der Waals surface area contributed by atoms with Crippen molar-refractivity contribution in [3.8, 4) is 11.4 Å². The second-order valence-corrected chi connectivity index (χ2v) is 6.40. The maximum atomic E-state index is 12.5. The molecule has 3 N–H and O–H groups in total. The largest absolute Gasteiger partial charge is 0.355 e. The molecule has 0 unspecified atom stereocenters. The van der Waals surface area contributed by atoms with E-state index in [0.29, 0.717) is 21.8 Å². The van der Waals surface area contributed by atoms with E-state index in [0.717, 1.165) is 11.1 Å². The quantitative estimate of drug-likeness (QED) is 0.593. The van der Waals surface area contributed by atoms with E-state index >= 15 is 0 Å². The van der Waals surface area contributed by atoms with Gasteiger partial charge < -0.3 is 10.6 Å². The molecule has 27 heavy (non-hydrogen) atoms. The summed E-state index contributed by atoms with van der Waals surface area (Å²) in [6.45, 7) is 2.01. The Hall–Kier alpha value is -3.26. The first-order valence-corrected chi connectivity index (χ1v) is 8.73. The molecule has 138 valence electrons. The van der Waals surface area contributed by atoms with Crippen LogP contribution in [0.15, 0.2) is 48.5 Å². The molecule has 2 amide bonds. The van der Waals surface area contributed by atoms with E-state index < -0.39 is 0 Å². The molecule has 3 rings (SSSR count). The summed E-state index contributed by atoms with van der Waals surface area (Å²) < 4.78 is 2.02. The number of hydrogen-bond acceptors (Lipinski definition) is 4. The topological polar surface area (TPSA) is 91.8 Å². The number of hydrogen-bond donors (Lipinski definition) is 3. The van der Waals surface area contributed by atoms with E-state index in [-0.39, 0.29) is 18.4 Å². The van der Waals surface area contributed by atoms with Gasteiger partial charge in [-0.3, -0.25) is 19.3 Å². The number of H-pyrrole nitrogens is 1. The first-order valence-electron chi connectivity index (χ1n) is 8.32. The predicted octanol–water partition coefficient (Wildman–Crippen LogP) is 2.91. The van der Waals surface area contributed by atoms with Crippen LogP contribution in [-0.4, -0.2) is 33.6 Å². The van der Waals surface area contributed by atoms with Crippen LogP contribution >= 0.6 is 12.2 Å². The van der Waals surface area contributed by atoms with Crippen LogP contribution in [0.2, 0.25) is 0 Å². The lowest BCUT2D eigenvalue weighted by atomic mass is 10.1. The van der Waals surface area contributed by atoms with Crippen LogP contribution < -0.4 is 10.6 Å². The van der Waals surface area contributed by atoms with Crippen molar-refractivity contribution in [1.82, 2.24) is 20.1 Å². The average Bonchev–Trinajstić information content (AvgIpc) is 3.02. The van der Waals surface area contributed by atoms with Crippen LogP contribution in [-0.2, 0) is 11.3 Å². The summed E-state index contributed by atoms with van der Waals surface area (Å²) in [6, 6.07) is 14.5. The van der Waals surface area contributed by atoms with Crippen molar-refractivity contribution in [1.29, 1.82) is 0 Å². The molecular formula is C19H19N5O2S. The lowest BCUT2D eigenvalue weighted by Crippen LogP contribution is -2.20. The number of aromatic amines is 1. The Morgan fingerprint density at radius 1 is 1.19 bits per heavy atom. The maximum Gasteiger partial charge on any atom is 0.251 e. The molecule has 0 fully saturated rings. The van der Waals surface area contributed by atoms with E-state index in [1.54, 1.807) is 35.9 Å². The van der Waals surface area contributed by atoms with Gasteiger partial charge in [0.2, 0.25) is 5.91 Å². The SMILES string of the molecule is CNC(=O)c1ccc(NC(=O)Cn2c(-c3cccc(C)c3)n[nH]c2=S)cc1. The molecule has 0 spiro atoms. The first-order chi connectivity index (χ1) is 13.0. The van der Waals surface area contributed by atoms with E-state index in [1.165, 1.54) is 0 Å². The lowest BCUT2D eigenvalue weighted by Gasteiger charge is -2.09. The fourth-order valence-electron chi connectivity index (χ4n) is 2.66. The highest BCUT2D eigenvalue weighted by atomic mass is 32.1. The number of rotatable bonds is 5. The Kier molecular flexibility index (Phi) is 5.46. The van der Waals surface area contributed by atoms with Crippen molar-refractivity contribution in [2.45, 2.75) is 13.5 Å². The molecule has 0 bridgehead atoms. The van der Waals surface area contributed by atoms with E-state index in [2.05, 4.69) is 20.8 Å². The van der Waals surface area contributed by atoms with Gasteiger partial charge in [-0.1, -0.05) is 23.8 Å². The zero-order chi connectivity index (χ0) is 19.4. The smallest absolute Gasteiger partial charge is 0.251 e. The van der Waals surface area contributed by atoms with Crippen LogP contribution in [0, 0.1) is 11.7 Å². The number of benzene rings is 2. The third-order valence-electron chi connectivity index (χ3n) is 3.99. The standard InChI is InChI=1S/C19H19N5O2S/c1-12-4-3-5-14(10-12)17-22-23-19(27)24(17)11-16(25)21-15-8-6-13(7-9-15)18(26)20-2/h3-10H,11H2,1-2H3,(H,20,26)(H,21,25)(H,23,27). The highest BCUT2D eigenvalue weighted by molar-refractivity contribution is 7.71. The third-order valence-corrected chi connectivity index (χ3v) is 4.31. The molecule has 1 heterocycles. The second-order valence-electron chi connectivity index (χ2n) is 6.01. The van der Waals surface area contributed by atoms with Gasteiger partial charge >= 0.3 is 0 Å². The minimum absolute atomic E-state index is 0.0236. The zero-order valence-corrected chi connectivity index (χ0v) is 15.8. The van der Waals surface area contributed by atoms with Crippen molar-refractivity contribution in [3.63, 3.8) is 0 Å². The predicted molar refractivity (Wildman–Crippen MR) is 106 cm³/mol. The van der Waals surface area contributed by atoms with Crippen molar-refractivity contribution in [2.24, 2.45) is 0 Å². The molecule has 1 aromatic heterocycles. The minimum Gasteiger partial charge on any atom is -0.355 e. The highest BCUT2D eigenvalue weighted by Gasteiger charge is 2.13. The van der Waals surface area contributed by atoms with Gasteiger partial charge in [-0.25, -0.2) is 0 Å². The fourth-order valence-corrected chi connectivity index (χ4v) is 2.86. The molecule has 0 aliphatic heterocycles. The summed E-state index contributed by atoms with van der Waals surface area (Å²) in [5, 5.41) is 12.3. The molecule has 0 aliphatic rings. The van der Waals surface area contributed by atoms with Crippen LogP contribution in [0.4, 0.5) is 5.69 Å². The van der Waals surface area contributed by atoms with Crippen molar-refractivity contribution < 1.29 is 9.59 Å². The second kappa shape index (κ2) is 7.96. The van der Waals surface area contributed by atoms with Gasteiger partial charge in [-0.05, 0) is 49.5 Å². The van der Waals surface area contributed by atoms with Crippen molar-refractivity contribution in [2.75, 3.05) is 12.4 Å². The van der Waals surface area contributed by atoms with E-state index in [1.807, 2.05) is 31.2 Å². The zero-order valence-electron chi connectivity index (χ0n) is 14.9. The van der Waals surface area contributed by atoms with Gasteiger partial charge in [0.15, 0.2) is 10.6 Å². The monoisotopic (exact) mass is 381 g/mol.